The minimum Gasteiger partial charge on any atom is -0.478 e. The van der Waals surface area contributed by atoms with E-state index in [4.69, 9.17) is 62.0 Å². The summed E-state index contributed by atoms with van der Waals surface area (Å²) in [6.45, 7) is 1.61. The van der Waals surface area contributed by atoms with Crippen LogP contribution in [-0.4, -0.2) is 22.5 Å². The first-order valence-electron chi connectivity index (χ1n) is 7.12. The molecule has 178 valence electrons. The summed E-state index contributed by atoms with van der Waals surface area (Å²) in [4.78, 5) is 10.6. The van der Waals surface area contributed by atoms with Crippen LogP contribution < -0.4 is 13.3 Å². The maximum atomic E-state index is 13.1. The van der Waals surface area contributed by atoms with Crippen molar-refractivity contribution in [2.24, 2.45) is 5.16 Å². The van der Waals surface area contributed by atoms with Crippen LogP contribution >= 0.6 is 121 Å². The maximum Gasteiger partial charge on any atom is 0.337 e. The van der Waals surface area contributed by atoms with Gasteiger partial charge in [-0.15, -0.1) is 0 Å². The first kappa shape index (κ1) is 35.7. The average Bonchev–Trinajstić information content (AvgIpc) is 2.75. The molecule has 0 atom stereocenters. The summed E-state index contributed by atoms with van der Waals surface area (Å²) >= 11 is 31.9. The van der Waals surface area contributed by atoms with Crippen LogP contribution in [0.1, 0.15) is 27.0 Å². The van der Waals surface area contributed by atoms with Crippen LogP contribution in [0.4, 0.5) is 8.78 Å². The van der Waals surface area contributed by atoms with Crippen LogP contribution in [0, 0.1) is 29.9 Å². The summed E-state index contributed by atoms with van der Waals surface area (Å²) in [5.74, 6) is -2.97. The van der Waals surface area contributed by atoms with Gasteiger partial charge in [0.25, 0.3) is 0 Å². The summed E-state index contributed by atoms with van der Waals surface area (Å²) in [6.07, 6.45) is 0.764. The van der Waals surface area contributed by atoms with Gasteiger partial charge in [0.2, 0.25) is 0 Å². The van der Waals surface area contributed by atoms with Crippen LogP contribution in [0.3, 0.4) is 0 Å². The number of oxime groups is 1. The molecule has 16 heteroatoms. The second-order valence-corrected chi connectivity index (χ2v) is 22.6. The quantitative estimate of drug-likeness (QED) is 0.118. The molecule has 32 heavy (non-hydrogen) atoms. The Morgan fingerprint density at radius 2 is 1.56 bits per heavy atom. The third-order valence-corrected chi connectivity index (χ3v) is 4.71. The molecule has 0 aliphatic rings. The van der Waals surface area contributed by atoms with E-state index in [0.29, 0.717) is 24.9 Å². The van der Waals surface area contributed by atoms with Gasteiger partial charge in [-0.3, -0.25) is 0 Å². The van der Waals surface area contributed by atoms with Crippen molar-refractivity contribution in [1.82, 2.24) is 0 Å². The smallest absolute Gasteiger partial charge is 0.337 e. The maximum absolute atomic E-state index is 13.1. The number of halogens is 11. The molecule has 0 radical (unpaired) electrons. The average molecular weight is 1090 g/mol. The number of nitriles is 1. The zero-order valence-corrected chi connectivity index (χ0v) is 28.9. The SMILES string of the molecule is Cc1cc(F)c(Cl)c(C#N)c1Cl.II.I[I-]I.O=C(O)c1cc(F)c(Cl)c(C=NO)c1Cl. The molecule has 2 N–H and O–H groups in total. The zero-order valence-electron chi connectivity index (χ0n) is 15.1. The number of rotatable bonds is 2. The molecule has 0 unspecified atom stereocenters. The summed E-state index contributed by atoms with van der Waals surface area (Å²) in [7, 11) is 0. The monoisotopic (exact) mass is 1090 g/mol. The largest absolute Gasteiger partial charge is 0.478 e. The van der Waals surface area contributed by atoms with Gasteiger partial charge in [0, 0.05) is 42.8 Å². The molecule has 0 fully saturated rings. The summed E-state index contributed by atoms with van der Waals surface area (Å²) in [5.41, 5.74) is -0.127. The van der Waals surface area contributed by atoms with Gasteiger partial charge in [-0.1, -0.05) is 51.6 Å². The van der Waals surface area contributed by atoms with Gasteiger partial charge < -0.3 is 10.3 Å². The Hall–Kier alpha value is 1.54. The van der Waals surface area contributed by atoms with E-state index >= 15 is 0 Å². The number of carbonyl (C=O) groups is 1. The summed E-state index contributed by atoms with van der Waals surface area (Å²) in [5, 5.41) is 27.4. The Labute approximate surface area is 255 Å². The fourth-order valence-electron chi connectivity index (χ4n) is 1.78. The summed E-state index contributed by atoms with van der Waals surface area (Å²) in [6, 6.07) is 3.64. The van der Waals surface area contributed by atoms with Crippen LogP contribution in [0.2, 0.25) is 20.1 Å². The third kappa shape index (κ3) is 11.5. The number of benzene rings is 2. The van der Waals surface area contributed by atoms with E-state index in [1.807, 2.05) is 0 Å². The normalized spacial score (nSPS) is 9.56. The molecule has 0 saturated heterocycles. The fraction of sp³-hybridized carbons (Fsp3) is 0.0625. The molecule has 2 aromatic carbocycles. The molecule has 0 aromatic heterocycles. The first-order valence-corrected chi connectivity index (χ1v) is 27.5. The zero-order chi connectivity index (χ0) is 25.6. The standard InChI is InChI=1S/C8H4Cl2FNO3.C8H4Cl2FN.I3.I2/c9-6-3(8(13)14)1-5(11)7(10)4(6)2-12-15;1-4-2-6(11)8(10)5(3-12)7(4)9;1-3-2;1-2/h1-2,15H,(H,13,14);2H,1H3;;/q;;-1;. The van der Waals surface area contributed by atoms with E-state index < -0.39 is 28.2 Å². The molecule has 0 aliphatic carbocycles. The number of hydrogen-bond donors (Lipinski definition) is 2. The van der Waals surface area contributed by atoms with Crippen LogP contribution in [-0.2, 0) is 0 Å². The van der Waals surface area contributed by atoms with Gasteiger partial charge in [-0.25, -0.2) is 13.6 Å². The molecular formula is C16H8Cl4F2I5N2O3-. The van der Waals surface area contributed by atoms with Gasteiger partial charge in [-0.05, 0) is 24.6 Å². The number of hydrogen-bond acceptors (Lipinski definition) is 4. The van der Waals surface area contributed by atoms with E-state index in [-0.39, 0.29) is 26.2 Å². The number of aromatic carboxylic acids is 1. The Kier molecular flexibility index (Phi) is 22.0. The van der Waals surface area contributed by atoms with E-state index in [0.717, 1.165) is 6.21 Å². The Morgan fingerprint density at radius 1 is 1.09 bits per heavy atom. The Bertz CT molecular complexity index is 985. The van der Waals surface area contributed by atoms with Gasteiger partial charge in [0.15, 0.2) is 0 Å². The van der Waals surface area contributed by atoms with Crippen LogP contribution in [0.15, 0.2) is 17.3 Å². The predicted molar refractivity (Wildman–Crippen MR) is 155 cm³/mol. The number of aryl methyl sites for hydroxylation is 1. The van der Waals surface area contributed by atoms with Gasteiger partial charge in [-0.2, -0.15) is 5.26 Å². The topological polar surface area (TPSA) is 93.7 Å². The molecule has 2 aromatic rings. The molecule has 2 rings (SSSR count). The van der Waals surface area contributed by atoms with E-state index in [2.05, 4.69) is 79.6 Å². The van der Waals surface area contributed by atoms with Crippen LogP contribution in [0.5, 0.6) is 0 Å². The first-order chi connectivity index (χ1) is 15.0. The van der Waals surface area contributed by atoms with Crippen molar-refractivity contribution in [2.45, 2.75) is 6.92 Å². The van der Waals surface area contributed by atoms with Crippen molar-refractivity contribution < 1.29 is 37.1 Å². The molecule has 0 spiro atoms. The molecule has 0 heterocycles. The molecule has 0 saturated carbocycles. The van der Waals surface area contributed by atoms with Crippen molar-refractivity contribution >= 4 is 133 Å². The van der Waals surface area contributed by atoms with Crippen LogP contribution in [0.25, 0.3) is 0 Å². The van der Waals surface area contributed by atoms with E-state index in [9.17, 15) is 13.6 Å². The van der Waals surface area contributed by atoms with Crippen molar-refractivity contribution in [2.75, 3.05) is 0 Å². The van der Waals surface area contributed by atoms with Gasteiger partial charge >= 0.3 is 56.5 Å². The van der Waals surface area contributed by atoms with Gasteiger partial charge in [0.05, 0.1) is 37.4 Å². The molecule has 5 nitrogen and oxygen atoms in total. The second-order valence-electron chi connectivity index (χ2n) is 4.84. The van der Waals surface area contributed by atoms with Crippen molar-refractivity contribution in [3.8, 4) is 6.07 Å². The number of nitrogens with zero attached hydrogens (tertiary/aromatic N) is 2. The summed E-state index contributed by atoms with van der Waals surface area (Å²) < 4.78 is 26.0. The molecular weight excluding hydrogens is 1080 g/mol. The number of carboxylic acids is 1. The van der Waals surface area contributed by atoms with Crippen molar-refractivity contribution in [3.05, 3.63) is 66.1 Å². The third-order valence-electron chi connectivity index (χ3n) is 3.06. The molecule has 0 bridgehead atoms. The van der Waals surface area contributed by atoms with E-state index in [1.165, 1.54) is 6.07 Å². The number of carboxylic acid groups (broad SMARTS) is 1. The minimum atomic E-state index is -1.40. The predicted octanol–water partition coefficient (Wildman–Crippen LogP) is 6.50. The molecule has 0 amide bonds. The molecule has 0 aliphatic heterocycles. The van der Waals surface area contributed by atoms with Crippen molar-refractivity contribution in [1.29, 1.82) is 5.26 Å². The van der Waals surface area contributed by atoms with Crippen molar-refractivity contribution in [3.63, 3.8) is 0 Å². The second kappa shape index (κ2) is 19.7. The Morgan fingerprint density at radius 3 is 1.97 bits per heavy atom. The fourth-order valence-corrected chi connectivity index (χ4v) is 2.73. The van der Waals surface area contributed by atoms with E-state index in [1.54, 1.807) is 13.0 Å². The minimum absolute atomic E-state index is 0.00386. The van der Waals surface area contributed by atoms with Gasteiger partial charge in [0.1, 0.15) is 17.7 Å². The Balaban J connectivity index is 0.